The molecule has 0 saturated carbocycles. The number of aliphatic hydroxyl groups is 1. The van der Waals surface area contributed by atoms with Gasteiger partial charge in [0.1, 0.15) is 0 Å². The first-order chi connectivity index (χ1) is 6.97. The van der Waals surface area contributed by atoms with Crippen LogP contribution in [0.3, 0.4) is 0 Å². The van der Waals surface area contributed by atoms with Crippen molar-refractivity contribution in [2.45, 2.75) is 6.10 Å². The van der Waals surface area contributed by atoms with E-state index in [1.54, 1.807) is 0 Å². The summed E-state index contributed by atoms with van der Waals surface area (Å²) in [7, 11) is 1.25. The van der Waals surface area contributed by atoms with E-state index >= 15 is 0 Å². The number of rotatable bonds is 3. The minimum absolute atomic E-state index is 0.125. The van der Waals surface area contributed by atoms with Gasteiger partial charge in [0.2, 0.25) is 0 Å². The Labute approximate surface area is 93.4 Å². The van der Waals surface area contributed by atoms with Crippen LogP contribution in [0, 0.1) is 5.82 Å². The quantitative estimate of drug-likeness (QED) is 0.884. The molecular weight excluding hydrogens is 271 g/mol. The fraction of sp³-hybridized carbons (Fsp3) is 0.222. The number of hydrogen-bond donors (Lipinski definition) is 2. The first kappa shape index (κ1) is 11.9. The van der Waals surface area contributed by atoms with Crippen molar-refractivity contribution in [2.75, 3.05) is 7.11 Å². The summed E-state index contributed by atoms with van der Waals surface area (Å²) in [5, 5.41) is 17.7. The van der Waals surface area contributed by atoms with E-state index in [0.29, 0.717) is 4.47 Å². The smallest absolute Gasteiger partial charge is 0.337 e. The lowest BCUT2D eigenvalue weighted by Crippen LogP contribution is -2.12. The summed E-state index contributed by atoms with van der Waals surface area (Å²) >= 11 is 3.05. The molecule has 0 bridgehead atoms. The Morgan fingerprint density at radius 3 is 2.67 bits per heavy atom. The molecule has 1 rings (SSSR count). The van der Waals surface area contributed by atoms with E-state index in [1.807, 2.05) is 0 Å². The van der Waals surface area contributed by atoms with Crippen LogP contribution < -0.4 is 4.74 Å². The van der Waals surface area contributed by atoms with E-state index in [2.05, 4.69) is 20.7 Å². The molecule has 1 aromatic rings. The Morgan fingerprint density at radius 2 is 2.20 bits per heavy atom. The normalized spacial score (nSPS) is 12.3. The molecule has 1 unspecified atom stereocenters. The number of benzene rings is 1. The zero-order valence-corrected chi connectivity index (χ0v) is 9.28. The van der Waals surface area contributed by atoms with Crippen LogP contribution in [0.25, 0.3) is 0 Å². The predicted octanol–water partition coefficient (Wildman–Crippen LogP) is 1.71. The number of hydrogen-bond acceptors (Lipinski definition) is 3. The Hall–Kier alpha value is -1.14. The van der Waals surface area contributed by atoms with Crippen molar-refractivity contribution in [3.05, 3.63) is 28.0 Å². The Bertz CT molecular complexity index is 394. The molecule has 0 aromatic heterocycles. The monoisotopic (exact) mass is 278 g/mol. The summed E-state index contributed by atoms with van der Waals surface area (Å²) in [4.78, 5) is 10.5. The van der Waals surface area contributed by atoms with Crippen molar-refractivity contribution in [1.29, 1.82) is 0 Å². The lowest BCUT2D eigenvalue weighted by molar-refractivity contribution is -0.147. The average molecular weight is 279 g/mol. The van der Waals surface area contributed by atoms with Crippen molar-refractivity contribution in [3.8, 4) is 5.75 Å². The molecule has 0 heterocycles. The van der Waals surface area contributed by atoms with Gasteiger partial charge in [-0.25, -0.2) is 9.18 Å². The number of carboxylic acid groups (broad SMARTS) is 1. The predicted molar refractivity (Wildman–Crippen MR) is 53.2 cm³/mol. The van der Waals surface area contributed by atoms with Gasteiger partial charge in [-0.3, -0.25) is 0 Å². The number of ether oxygens (including phenoxy) is 1. The zero-order chi connectivity index (χ0) is 11.6. The molecule has 15 heavy (non-hydrogen) atoms. The van der Waals surface area contributed by atoms with E-state index in [-0.39, 0.29) is 11.3 Å². The summed E-state index contributed by atoms with van der Waals surface area (Å²) in [5.74, 6) is -2.52. The van der Waals surface area contributed by atoms with E-state index in [9.17, 15) is 14.3 Å². The molecule has 0 aliphatic heterocycles. The van der Waals surface area contributed by atoms with Crippen LogP contribution in [-0.2, 0) is 4.79 Å². The molecule has 0 aliphatic rings. The van der Waals surface area contributed by atoms with E-state index < -0.39 is 17.9 Å². The third kappa shape index (κ3) is 2.45. The maximum atomic E-state index is 13.5. The van der Waals surface area contributed by atoms with Crippen LogP contribution in [0.2, 0.25) is 0 Å². The molecule has 6 heteroatoms. The average Bonchev–Trinajstić information content (AvgIpc) is 2.19. The van der Waals surface area contributed by atoms with Crippen LogP contribution in [0.4, 0.5) is 4.39 Å². The Balaban J connectivity index is 3.28. The molecule has 0 aliphatic carbocycles. The number of halogens is 2. The van der Waals surface area contributed by atoms with E-state index in [1.165, 1.54) is 19.2 Å². The fourth-order valence-electron chi connectivity index (χ4n) is 1.06. The van der Waals surface area contributed by atoms with Crippen molar-refractivity contribution in [2.24, 2.45) is 0 Å². The summed E-state index contributed by atoms with van der Waals surface area (Å²) < 4.78 is 18.6. The van der Waals surface area contributed by atoms with Crippen molar-refractivity contribution >= 4 is 21.9 Å². The summed E-state index contributed by atoms with van der Waals surface area (Å²) in [6.45, 7) is 0. The highest BCUT2D eigenvalue weighted by Crippen LogP contribution is 2.29. The van der Waals surface area contributed by atoms with Crippen LogP contribution in [0.15, 0.2) is 16.6 Å². The lowest BCUT2D eigenvalue weighted by atomic mass is 10.1. The summed E-state index contributed by atoms with van der Waals surface area (Å²) in [5.41, 5.74) is -0.339. The molecule has 4 nitrogen and oxygen atoms in total. The third-order valence-electron chi connectivity index (χ3n) is 1.78. The SMILES string of the molecule is COc1cc(Br)cc(C(O)C(=O)O)c1F. The highest BCUT2D eigenvalue weighted by Gasteiger charge is 2.23. The highest BCUT2D eigenvalue weighted by atomic mass is 79.9. The standard InChI is InChI=1S/C9H8BrFO4/c1-15-6-3-4(10)2-5(7(6)11)8(12)9(13)14/h2-3,8,12H,1H3,(H,13,14). The molecule has 1 atom stereocenters. The minimum Gasteiger partial charge on any atom is -0.494 e. The van der Waals surface area contributed by atoms with Gasteiger partial charge in [0, 0.05) is 10.0 Å². The van der Waals surface area contributed by atoms with Gasteiger partial charge >= 0.3 is 5.97 Å². The number of aliphatic hydroxyl groups excluding tert-OH is 1. The first-order valence-electron chi connectivity index (χ1n) is 3.91. The second-order valence-corrected chi connectivity index (χ2v) is 3.67. The van der Waals surface area contributed by atoms with Crippen LogP contribution in [0.5, 0.6) is 5.75 Å². The summed E-state index contributed by atoms with van der Waals surface area (Å²) in [6, 6.07) is 2.53. The molecule has 82 valence electrons. The molecule has 0 fully saturated rings. The minimum atomic E-state index is -1.91. The molecule has 1 aromatic carbocycles. The van der Waals surface area contributed by atoms with Gasteiger partial charge < -0.3 is 14.9 Å². The highest BCUT2D eigenvalue weighted by molar-refractivity contribution is 9.10. The van der Waals surface area contributed by atoms with Crippen molar-refractivity contribution in [1.82, 2.24) is 0 Å². The fourth-order valence-corrected chi connectivity index (χ4v) is 1.52. The zero-order valence-electron chi connectivity index (χ0n) is 7.70. The largest absolute Gasteiger partial charge is 0.494 e. The van der Waals surface area contributed by atoms with Crippen LogP contribution >= 0.6 is 15.9 Å². The van der Waals surface area contributed by atoms with Crippen molar-refractivity contribution in [3.63, 3.8) is 0 Å². The molecule has 0 radical (unpaired) electrons. The van der Waals surface area contributed by atoms with Crippen LogP contribution in [-0.4, -0.2) is 23.3 Å². The third-order valence-corrected chi connectivity index (χ3v) is 2.24. The number of carbonyl (C=O) groups is 1. The van der Waals surface area contributed by atoms with E-state index in [4.69, 9.17) is 5.11 Å². The van der Waals surface area contributed by atoms with Gasteiger partial charge in [0.15, 0.2) is 17.7 Å². The number of carboxylic acids is 1. The van der Waals surface area contributed by atoms with Gasteiger partial charge in [-0.2, -0.15) is 0 Å². The molecule has 0 spiro atoms. The molecular formula is C9H8BrFO4. The number of aliphatic carboxylic acids is 1. The number of methoxy groups -OCH3 is 1. The Morgan fingerprint density at radius 1 is 1.60 bits per heavy atom. The second kappa shape index (κ2) is 4.59. The van der Waals surface area contributed by atoms with Gasteiger partial charge in [0.25, 0.3) is 0 Å². The van der Waals surface area contributed by atoms with E-state index in [0.717, 1.165) is 0 Å². The molecule has 2 N–H and O–H groups in total. The topological polar surface area (TPSA) is 66.8 Å². The van der Waals surface area contributed by atoms with Gasteiger partial charge in [-0.15, -0.1) is 0 Å². The van der Waals surface area contributed by atoms with Crippen molar-refractivity contribution < 1.29 is 24.1 Å². The maximum Gasteiger partial charge on any atom is 0.337 e. The lowest BCUT2D eigenvalue weighted by Gasteiger charge is -2.10. The van der Waals surface area contributed by atoms with Crippen LogP contribution in [0.1, 0.15) is 11.7 Å². The first-order valence-corrected chi connectivity index (χ1v) is 4.70. The molecule has 0 saturated heterocycles. The summed E-state index contributed by atoms with van der Waals surface area (Å²) in [6.07, 6.45) is -1.91. The second-order valence-electron chi connectivity index (χ2n) is 2.75. The maximum absolute atomic E-state index is 13.5. The van der Waals surface area contributed by atoms with Gasteiger partial charge in [-0.1, -0.05) is 15.9 Å². The van der Waals surface area contributed by atoms with Gasteiger partial charge in [-0.05, 0) is 12.1 Å². The van der Waals surface area contributed by atoms with Gasteiger partial charge in [0.05, 0.1) is 7.11 Å². The molecule has 0 amide bonds. The Kier molecular flexibility index (Phi) is 3.65.